The smallest absolute Gasteiger partial charge is 0.321 e. The van der Waals surface area contributed by atoms with Gasteiger partial charge in [-0.3, -0.25) is 10.1 Å². The molecule has 1 atom stereocenters. The van der Waals surface area contributed by atoms with Crippen LogP contribution in [0.15, 0.2) is 18.2 Å². The Morgan fingerprint density at radius 3 is 2.71 bits per heavy atom. The fourth-order valence-electron chi connectivity index (χ4n) is 1.87. The third-order valence-corrected chi connectivity index (χ3v) is 3.03. The number of carbonyl (C=O) groups is 1. The Morgan fingerprint density at radius 1 is 1.57 bits per heavy atom. The van der Waals surface area contributed by atoms with E-state index in [1.54, 1.807) is 19.9 Å². The van der Waals surface area contributed by atoms with Gasteiger partial charge < -0.3 is 10.2 Å². The van der Waals surface area contributed by atoms with Crippen LogP contribution in [0.1, 0.15) is 19.4 Å². The Morgan fingerprint density at radius 2 is 2.24 bits per heavy atom. The summed E-state index contributed by atoms with van der Waals surface area (Å²) in [7, 11) is 0. The maximum atomic E-state index is 12.1. The predicted octanol–water partition coefficient (Wildman–Crippen LogP) is 2.92. The summed E-state index contributed by atoms with van der Waals surface area (Å²) in [4.78, 5) is 23.9. The average Bonchev–Trinajstić information content (AvgIpc) is 2.43. The molecule has 0 radical (unpaired) electrons. The van der Waals surface area contributed by atoms with E-state index in [1.165, 1.54) is 17.0 Å². The van der Waals surface area contributed by atoms with Gasteiger partial charge in [-0.05, 0) is 32.9 Å². The van der Waals surface area contributed by atoms with E-state index in [1.807, 2.05) is 6.92 Å². The van der Waals surface area contributed by atoms with Crippen molar-refractivity contribution in [2.45, 2.75) is 20.8 Å². The number of rotatable bonds is 5. The van der Waals surface area contributed by atoms with Gasteiger partial charge in [0.15, 0.2) is 0 Å². The van der Waals surface area contributed by atoms with Crippen molar-refractivity contribution in [2.24, 2.45) is 5.92 Å². The van der Waals surface area contributed by atoms with Crippen molar-refractivity contribution in [3.05, 3.63) is 33.9 Å². The summed E-state index contributed by atoms with van der Waals surface area (Å²) in [5.41, 5.74) is 0.982. The van der Waals surface area contributed by atoms with Gasteiger partial charge in [0.25, 0.3) is 5.69 Å². The molecule has 1 rings (SSSR count). The summed E-state index contributed by atoms with van der Waals surface area (Å²) in [5.74, 6) is -0.255. The normalized spacial score (nSPS) is 11.3. The number of nitrogens with zero attached hydrogens (tertiary/aromatic N) is 3. The number of amides is 2. The zero-order valence-electron chi connectivity index (χ0n) is 12.3. The van der Waals surface area contributed by atoms with Crippen molar-refractivity contribution < 1.29 is 9.72 Å². The van der Waals surface area contributed by atoms with Crippen LogP contribution in [0.4, 0.5) is 16.2 Å². The van der Waals surface area contributed by atoms with E-state index in [-0.39, 0.29) is 17.6 Å². The van der Waals surface area contributed by atoms with Gasteiger partial charge in [0.1, 0.15) is 0 Å². The van der Waals surface area contributed by atoms with E-state index < -0.39 is 4.92 Å². The lowest BCUT2D eigenvalue weighted by Crippen LogP contribution is -2.37. The van der Waals surface area contributed by atoms with Crippen LogP contribution in [0.5, 0.6) is 0 Å². The molecule has 7 heteroatoms. The number of hydrogen-bond donors (Lipinski definition) is 1. The first-order valence-electron chi connectivity index (χ1n) is 6.59. The molecular formula is C14H18N4O3. The lowest BCUT2D eigenvalue weighted by molar-refractivity contribution is -0.385. The molecule has 1 aromatic rings. The summed E-state index contributed by atoms with van der Waals surface area (Å²) in [6, 6.07) is 6.16. The van der Waals surface area contributed by atoms with Crippen LogP contribution in [-0.2, 0) is 0 Å². The highest BCUT2D eigenvalue weighted by molar-refractivity contribution is 5.89. The van der Waals surface area contributed by atoms with Crippen LogP contribution in [-0.4, -0.2) is 28.9 Å². The third kappa shape index (κ3) is 4.45. The molecule has 0 aromatic heterocycles. The molecule has 0 bridgehead atoms. The maximum Gasteiger partial charge on any atom is 0.321 e. The number of nitro benzene ring substituents is 1. The molecule has 0 saturated heterocycles. The molecule has 0 heterocycles. The molecule has 0 unspecified atom stereocenters. The fourth-order valence-corrected chi connectivity index (χ4v) is 1.87. The predicted molar refractivity (Wildman–Crippen MR) is 78.9 cm³/mol. The minimum Gasteiger partial charge on any atom is -0.324 e. The second-order valence-corrected chi connectivity index (χ2v) is 4.76. The van der Waals surface area contributed by atoms with Gasteiger partial charge in [-0.1, -0.05) is 0 Å². The molecule has 7 nitrogen and oxygen atoms in total. The summed E-state index contributed by atoms with van der Waals surface area (Å²) in [6.45, 7) is 5.99. The third-order valence-electron chi connectivity index (χ3n) is 3.03. The van der Waals surface area contributed by atoms with E-state index >= 15 is 0 Å². The van der Waals surface area contributed by atoms with Gasteiger partial charge in [-0.15, -0.1) is 0 Å². The van der Waals surface area contributed by atoms with Crippen molar-refractivity contribution in [1.29, 1.82) is 5.26 Å². The molecule has 0 spiro atoms. The van der Waals surface area contributed by atoms with Crippen LogP contribution in [0.3, 0.4) is 0 Å². The van der Waals surface area contributed by atoms with Crippen LogP contribution < -0.4 is 5.32 Å². The summed E-state index contributed by atoms with van der Waals surface area (Å²) in [5, 5.41) is 22.2. The number of nitro groups is 1. The number of carbonyl (C=O) groups excluding carboxylic acids is 1. The highest BCUT2D eigenvalue weighted by Gasteiger charge is 2.16. The van der Waals surface area contributed by atoms with E-state index in [2.05, 4.69) is 11.4 Å². The first kappa shape index (κ1) is 16.4. The summed E-state index contributed by atoms with van der Waals surface area (Å²) >= 11 is 0. The molecule has 2 amide bonds. The second-order valence-electron chi connectivity index (χ2n) is 4.76. The average molecular weight is 290 g/mol. The summed E-state index contributed by atoms with van der Waals surface area (Å²) in [6.07, 6.45) is 0. The van der Waals surface area contributed by atoms with Crippen LogP contribution in [0.2, 0.25) is 0 Å². The lowest BCUT2D eigenvalue weighted by atomic mass is 10.2. The number of hydrogen-bond acceptors (Lipinski definition) is 4. The van der Waals surface area contributed by atoms with Crippen molar-refractivity contribution in [3.8, 4) is 6.07 Å². The Labute approximate surface area is 123 Å². The molecule has 21 heavy (non-hydrogen) atoms. The maximum absolute atomic E-state index is 12.1. The molecule has 0 aliphatic carbocycles. The Bertz CT molecular complexity index is 580. The van der Waals surface area contributed by atoms with Crippen molar-refractivity contribution in [1.82, 2.24) is 4.90 Å². The van der Waals surface area contributed by atoms with Crippen molar-refractivity contribution in [2.75, 3.05) is 18.4 Å². The Hall–Kier alpha value is -2.62. The van der Waals surface area contributed by atoms with E-state index in [9.17, 15) is 14.9 Å². The molecule has 1 aromatic carbocycles. The highest BCUT2D eigenvalue weighted by atomic mass is 16.6. The molecule has 0 aliphatic heterocycles. The first-order valence-corrected chi connectivity index (χ1v) is 6.59. The Kier molecular flexibility index (Phi) is 5.67. The van der Waals surface area contributed by atoms with Crippen molar-refractivity contribution >= 4 is 17.4 Å². The molecule has 0 fully saturated rings. The number of nitrogens with one attached hydrogen (secondary N) is 1. The van der Waals surface area contributed by atoms with Gasteiger partial charge in [0.2, 0.25) is 0 Å². The molecular weight excluding hydrogens is 272 g/mol. The summed E-state index contributed by atoms with van der Waals surface area (Å²) < 4.78 is 0. The van der Waals surface area contributed by atoms with Gasteiger partial charge >= 0.3 is 6.03 Å². The quantitative estimate of drug-likeness (QED) is 0.665. The van der Waals surface area contributed by atoms with Gasteiger partial charge in [0.05, 0.1) is 16.9 Å². The van der Waals surface area contributed by atoms with Crippen molar-refractivity contribution in [3.63, 3.8) is 0 Å². The number of anilines is 1. The molecule has 0 saturated carbocycles. The minimum atomic E-state index is -0.464. The number of urea groups is 1. The highest BCUT2D eigenvalue weighted by Crippen LogP contribution is 2.21. The fraction of sp³-hybridized carbons (Fsp3) is 0.429. The topological polar surface area (TPSA) is 99.3 Å². The number of aryl methyl sites for hydroxylation is 1. The van der Waals surface area contributed by atoms with Gasteiger partial charge in [-0.2, -0.15) is 5.26 Å². The van der Waals surface area contributed by atoms with Gasteiger partial charge in [-0.25, -0.2) is 4.79 Å². The zero-order chi connectivity index (χ0) is 16.0. The first-order chi connectivity index (χ1) is 9.88. The van der Waals surface area contributed by atoms with Crippen LogP contribution >= 0.6 is 0 Å². The van der Waals surface area contributed by atoms with Crippen LogP contribution in [0, 0.1) is 34.3 Å². The van der Waals surface area contributed by atoms with Gasteiger partial charge in [0, 0.05) is 30.4 Å². The number of nitriles is 1. The van der Waals surface area contributed by atoms with Crippen LogP contribution in [0.25, 0.3) is 0 Å². The standard InChI is InChI=1S/C14H18N4O3/c1-4-17(9-10(2)8-15)14(19)16-12-5-6-13(18(20)21)11(3)7-12/h5-7,10H,4,9H2,1-3H3,(H,16,19)/t10-/m0/s1. The molecule has 112 valence electrons. The monoisotopic (exact) mass is 290 g/mol. The lowest BCUT2D eigenvalue weighted by Gasteiger charge is -2.22. The van der Waals surface area contributed by atoms with E-state index in [4.69, 9.17) is 5.26 Å². The number of benzene rings is 1. The Balaban J connectivity index is 2.80. The molecule has 0 aliphatic rings. The van der Waals surface area contributed by atoms with E-state index in [0.717, 1.165) is 0 Å². The van der Waals surface area contributed by atoms with E-state index in [0.29, 0.717) is 24.3 Å². The largest absolute Gasteiger partial charge is 0.324 e. The minimum absolute atomic E-state index is 0.0125. The SMILES string of the molecule is CCN(C[C@@H](C)C#N)C(=O)Nc1ccc([N+](=O)[O-])c(C)c1. The zero-order valence-corrected chi connectivity index (χ0v) is 12.3. The molecule has 1 N–H and O–H groups in total. The second kappa shape index (κ2) is 7.24.